The van der Waals surface area contributed by atoms with Crippen LogP contribution in [0.2, 0.25) is 0 Å². The maximum absolute atomic E-state index is 12.3. The van der Waals surface area contributed by atoms with Crippen LogP contribution in [0.5, 0.6) is 0 Å². The lowest BCUT2D eigenvalue weighted by Gasteiger charge is -2.13. The fourth-order valence-electron chi connectivity index (χ4n) is 0.823. The first-order chi connectivity index (χ1) is 7.73. The maximum atomic E-state index is 12.3. The van der Waals surface area contributed by atoms with Crippen molar-refractivity contribution in [2.45, 2.75) is 6.18 Å². The minimum absolute atomic E-state index is 0.0722. The van der Waals surface area contributed by atoms with E-state index in [9.17, 15) is 13.2 Å². The van der Waals surface area contributed by atoms with E-state index in [4.69, 9.17) is 5.48 Å². The Morgan fingerprint density at radius 2 is 1.69 bits per heavy atom. The predicted octanol–water partition coefficient (Wildman–Crippen LogP) is 2.77. The SMILES string of the molecule is [2H]C([2H])N(c1ccc(C(F)(F)F)cc1)C([2H])[2H]. The highest BCUT2D eigenvalue weighted by atomic mass is 19.4. The van der Waals surface area contributed by atoms with Crippen molar-refractivity contribution in [3.05, 3.63) is 29.8 Å². The lowest BCUT2D eigenvalue weighted by atomic mass is 10.2. The molecule has 1 aromatic rings. The summed E-state index contributed by atoms with van der Waals surface area (Å²) in [4.78, 5) is 0.750. The van der Waals surface area contributed by atoms with E-state index in [1.807, 2.05) is 0 Å². The van der Waals surface area contributed by atoms with Crippen LogP contribution in [-0.4, -0.2) is 14.0 Å². The molecule has 0 aliphatic carbocycles. The number of halogens is 3. The van der Waals surface area contributed by atoms with E-state index in [0.717, 1.165) is 29.2 Å². The Labute approximate surface area is 80.4 Å². The van der Waals surface area contributed by atoms with Gasteiger partial charge in [0.2, 0.25) is 0 Å². The molecule has 0 saturated heterocycles. The standard InChI is InChI=1S/C9H10F3N/c1-13(2)8-5-3-7(4-6-8)9(10,11)12/h3-6H,1-2H3/i1D2,2D2. The van der Waals surface area contributed by atoms with Crippen molar-refractivity contribution in [1.82, 2.24) is 0 Å². The molecule has 0 N–H and O–H groups in total. The van der Waals surface area contributed by atoms with E-state index in [2.05, 4.69) is 0 Å². The smallest absolute Gasteiger partial charge is 0.378 e. The van der Waals surface area contributed by atoms with Crippen LogP contribution in [0.3, 0.4) is 0 Å². The first kappa shape index (κ1) is 5.52. The summed E-state index contributed by atoms with van der Waals surface area (Å²) in [6.45, 7) is -3.24. The van der Waals surface area contributed by atoms with E-state index in [1.54, 1.807) is 0 Å². The number of rotatable bonds is 1. The largest absolute Gasteiger partial charge is 0.416 e. The summed E-state index contributed by atoms with van der Waals surface area (Å²) in [6, 6.07) is 3.70. The minimum atomic E-state index is -4.45. The number of benzene rings is 1. The van der Waals surface area contributed by atoms with Gasteiger partial charge >= 0.3 is 6.18 Å². The third kappa shape index (κ3) is 2.37. The van der Waals surface area contributed by atoms with Crippen LogP contribution in [0.1, 0.15) is 11.0 Å². The molecule has 0 aromatic heterocycles. The number of anilines is 1. The molecule has 4 heteroatoms. The van der Waals surface area contributed by atoms with E-state index in [-0.39, 0.29) is 5.69 Å². The lowest BCUT2D eigenvalue weighted by molar-refractivity contribution is -0.137. The van der Waals surface area contributed by atoms with Crippen LogP contribution in [0.15, 0.2) is 24.3 Å². The van der Waals surface area contributed by atoms with Crippen LogP contribution >= 0.6 is 0 Å². The van der Waals surface area contributed by atoms with Crippen molar-refractivity contribution < 1.29 is 18.7 Å². The molecule has 1 aromatic carbocycles. The van der Waals surface area contributed by atoms with Crippen molar-refractivity contribution in [2.24, 2.45) is 0 Å². The van der Waals surface area contributed by atoms with Crippen LogP contribution in [-0.2, 0) is 6.18 Å². The third-order valence-corrected chi connectivity index (χ3v) is 1.49. The summed E-state index contributed by atoms with van der Waals surface area (Å²) in [5.41, 5.74) is -0.776. The van der Waals surface area contributed by atoms with Crippen LogP contribution in [0.4, 0.5) is 18.9 Å². The van der Waals surface area contributed by atoms with Crippen LogP contribution < -0.4 is 4.90 Å². The Bertz CT molecular complexity index is 355. The zero-order valence-electron chi connectivity index (χ0n) is 10.5. The van der Waals surface area contributed by atoms with Gasteiger partial charge in [0.1, 0.15) is 0 Å². The first-order valence-electron chi connectivity index (χ1n) is 5.69. The Balaban J connectivity index is 3.01. The van der Waals surface area contributed by atoms with Crippen LogP contribution in [0.25, 0.3) is 0 Å². The Morgan fingerprint density at radius 3 is 2.08 bits per heavy atom. The van der Waals surface area contributed by atoms with Gasteiger partial charge in [-0.05, 0) is 24.3 Å². The quantitative estimate of drug-likeness (QED) is 0.662. The molecular weight excluding hydrogens is 179 g/mol. The van der Waals surface area contributed by atoms with Gasteiger partial charge in [-0.15, -0.1) is 0 Å². The molecule has 0 spiro atoms. The highest BCUT2D eigenvalue weighted by Gasteiger charge is 2.29. The summed E-state index contributed by atoms with van der Waals surface area (Å²) < 4.78 is 65.3. The summed E-state index contributed by atoms with van der Waals surface area (Å²) in [7, 11) is 0. The summed E-state index contributed by atoms with van der Waals surface area (Å²) in [5, 5.41) is 0. The number of nitrogens with zero attached hydrogens (tertiary/aromatic N) is 1. The molecule has 1 nitrogen and oxygen atoms in total. The molecule has 0 fully saturated rings. The van der Waals surface area contributed by atoms with Crippen molar-refractivity contribution >= 4 is 5.69 Å². The van der Waals surface area contributed by atoms with Gasteiger partial charge in [0, 0.05) is 25.2 Å². The van der Waals surface area contributed by atoms with Gasteiger partial charge in [0.15, 0.2) is 0 Å². The van der Waals surface area contributed by atoms with Gasteiger partial charge in [0.05, 0.1) is 5.56 Å². The average Bonchev–Trinajstić information content (AvgIpc) is 2.15. The van der Waals surface area contributed by atoms with Gasteiger partial charge < -0.3 is 4.90 Å². The fourth-order valence-corrected chi connectivity index (χ4v) is 0.823. The number of hydrogen-bond donors (Lipinski definition) is 0. The van der Waals surface area contributed by atoms with E-state index in [1.165, 1.54) is 0 Å². The van der Waals surface area contributed by atoms with Gasteiger partial charge in [0.25, 0.3) is 0 Å². The Kier molecular flexibility index (Phi) is 1.39. The number of hydrogen-bond acceptors (Lipinski definition) is 1. The van der Waals surface area contributed by atoms with Crippen molar-refractivity contribution in [3.8, 4) is 0 Å². The molecule has 0 amide bonds. The maximum Gasteiger partial charge on any atom is 0.416 e. The molecule has 13 heavy (non-hydrogen) atoms. The molecule has 0 aliphatic rings. The normalized spacial score (nSPS) is 16.4. The second-order valence-corrected chi connectivity index (χ2v) is 2.45. The van der Waals surface area contributed by atoms with Gasteiger partial charge in [-0.3, -0.25) is 0 Å². The van der Waals surface area contributed by atoms with Crippen molar-refractivity contribution in [3.63, 3.8) is 0 Å². The lowest BCUT2D eigenvalue weighted by Crippen LogP contribution is -2.10. The zero-order chi connectivity index (χ0) is 13.2. The summed E-state index contributed by atoms with van der Waals surface area (Å²) in [5.74, 6) is 0. The zero-order valence-corrected chi connectivity index (χ0v) is 6.55. The first-order valence-corrected chi connectivity index (χ1v) is 3.38. The van der Waals surface area contributed by atoms with Gasteiger partial charge in [-0.2, -0.15) is 13.2 Å². The topological polar surface area (TPSA) is 3.24 Å². The second kappa shape index (κ2) is 3.28. The predicted molar refractivity (Wildman–Crippen MR) is 45.8 cm³/mol. The summed E-state index contributed by atoms with van der Waals surface area (Å²) >= 11 is 0. The third-order valence-electron chi connectivity index (χ3n) is 1.49. The average molecular weight is 193 g/mol. The molecular formula is C9H10F3N. The molecule has 72 valence electrons. The Morgan fingerprint density at radius 1 is 1.15 bits per heavy atom. The van der Waals surface area contributed by atoms with E-state index >= 15 is 0 Å². The van der Waals surface area contributed by atoms with Crippen LogP contribution in [0, 0.1) is 0 Å². The molecule has 0 saturated carbocycles. The fraction of sp³-hybridized carbons (Fsp3) is 0.333. The molecule has 0 unspecified atom stereocenters. The van der Waals surface area contributed by atoms with Crippen molar-refractivity contribution in [1.29, 1.82) is 0 Å². The van der Waals surface area contributed by atoms with Gasteiger partial charge in [-0.1, -0.05) is 0 Å². The van der Waals surface area contributed by atoms with Crippen molar-refractivity contribution in [2.75, 3.05) is 18.9 Å². The molecule has 0 radical (unpaired) electrons. The molecule has 1 rings (SSSR count). The minimum Gasteiger partial charge on any atom is -0.378 e. The highest BCUT2D eigenvalue weighted by molar-refractivity contribution is 5.46. The van der Waals surface area contributed by atoms with E-state index < -0.39 is 25.7 Å². The Hall–Kier alpha value is -1.19. The molecule has 0 bridgehead atoms. The summed E-state index contributed by atoms with van der Waals surface area (Å²) in [6.07, 6.45) is -4.45. The highest BCUT2D eigenvalue weighted by Crippen LogP contribution is 2.30. The molecule has 0 aliphatic heterocycles. The van der Waals surface area contributed by atoms with Gasteiger partial charge in [-0.25, -0.2) is 0 Å². The second-order valence-electron chi connectivity index (χ2n) is 2.45. The molecule has 0 atom stereocenters. The van der Waals surface area contributed by atoms with E-state index in [0.29, 0.717) is 0 Å². The monoisotopic (exact) mass is 193 g/mol. The molecule has 0 heterocycles. The number of alkyl halides is 3.